The summed E-state index contributed by atoms with van der Waals surface area (Å²) in [6.07, 6.45) is 7.79. The number of hydrogen-bond donors (Lipinski definition) is 1. The van der Waals surface area contributed by atoms with E-state index in [0.29, 0.717) is 23.7 Å². The van der Waals surface area contributed by atoms with E-state index in [1.54, 1.807) is 0 Å². The summed E-state index contributed by atoms with van der Waals surface area (Å²) in [4.78, 5) is 11.3. The fourth-order valence-electron chi connectivity index (χ4n) is 3.14. The van der Waals surface area contributed by atoms with E-state index in [1.807, 2.05) is 0 Å². The molecule has 16 heavy (non-hydrogen) atoms. The Morgan fingerprint density at radius 1 is 1.44 bits per heavy atom. The molecule has 1 N–H and O–H groups in total. The quantitative estimate of drug-likeness (QED) is 0.392. The molecule has 1 fully saturated rings. The first-order valence-corrected chi connectivity index (χ1v) is 5.77. The maximum absolute atomic E-state index is 10.4. The number of rotatable bonds is 0. The predicted octanol–water partition coefficient (Wildman–Crippen LogP) is 1.82. The van der Waals surface area contributed by atoms with Crippen molar-refractivity contribution < 1.29 is 9.90 Å². The average molecular weight is 230 g/mol. The highest BCUT2D eigenvalue weighted by Crippen LogP contribution is 2.53. The van der Waals surface area contributed by atoms with Gasteiger partial charge in [0.05, 0.1) is 0 Å². The van der Waals surface area contributed by atoms with Crippen LogP contribution in [-0.4, -0.2) is 15.9 Å². The van der Waals surface area contributed by atoms with E-state index in [-0.39, 0.29) is 0 Å². The Labute approximate surface area is 99.0 Å². The highest BCUT2D eigenvalue weighted by atomic mass is 32.1. The maximum atomic E-state index is 10.4. The molecular formula is C13H10O2S. The largest absolute Gasteiger partial charge is 0.472 e. The summed E-state index contributed by atoms with van der Waals surface area (Å²) in [6, 6.07) is 0. The number of carboxylic acids is 1. The first-order valence-electron chi connectivity index (χ1n) is 5.36. The van der Waals surface area contributed by atoms with Crippen LogP contribution in [0.1, 0.15) is 6.42 Å². The molecular weight excluding hydrogens is 220 g/mol. The smallest absolute Gasteiger partial charge is 0.382 e. The van der Waals surface area contributed by atoms with Crippen molar-refractivity contribution in [2.75, 3.05) is 0 Å². The van der Waals surface area contributed by atoms with E-state index in [4.69, 9.17) is 17.3 Å². The Kier molecular flexibility index (Phi) is 2.02. The molecule has 4 atom stereocenters. The van der Waals surface area contributed by atoms with E-state index < -0.39 is 5.97 Å². The van der Waals surface area contributed by atoms with Crippen molar-refractivity contribution in [2.24, 2.45) is 23.7 Å². The van der Waals surface area contributed by atoms with Gasteiger partial charge in [-0.25, -0.2) is 4.79 Å². The SMILES string of the molecule is O=C(O)C#CC1=C[C@H]2[C@@H](C1=S)[C@@H]1C=C[C@H]2C1. The van der Waals surface area contributed by atoms with Gasteiger partial charge in [-0.15, -0.1) is 0 Å². The summed E-state index contributed by atoms with van der Waals surface area (Å²) in [5.74, 6) is 5.75. The fraction of sp³-hybridized carbons (Fsp3) is 0.385. The van der Waals surface area contributed by atoms with Crippen LogP contribution in [0.3, 0.4) is 0 Å². The maximum Gasteiger partial charge on any atom is 0.382 e. The van der Waals surface area contributed by atoms with E-state index in [1.165, 1.54) is 6.42 Å². The van der Waals surface area contributed by atoms with Gasteiger partial charge in [0.1, 0.15) is 0 Å². The van der Waals surface area contributed by atoms with Crippen molar-refractivity contribution in [3.63, 3.8) is 0 Å². The van der Waals surface area contributed by atoms with Crippen LogP contribution < -0.4 is 0 Å². The second-order valence-corrected chi connectivity index (χ2v) is 4.99. The van der Waals surface area contributed by atoms with Crippen LogP contribution in [0.4, 0.5) is 0 Å². The third-order valence-electron chi connectivity index (χ3n) is 3.75. The molecule has 0 heterocycles. The Balaban J connectivity index is 1.91. The number of carbonyl (C=O) groups is 1. The molecule has 2 nitrogen and oxygen atoms in total. The van der Waals surface area contributed by atoms with Gasteiger partial charge in [0.15, 0.2) is 0 Å². The lowest BCUT2D eigenvalue weighted by Crippen LogP contribution is -2.19. The van der Waals surface area contributed by atoms with Crippen molar-refractivity contribution in [1.29, 1.82) is 0 Å². The standard InChI is InChI=1S/C13H10O2S/c14-11(15)4-3-9-6-10-7-1-2-8(5-7)12(10)13(9)16/h1-2,6-8,10,12H,5H2,(H,14,15)/t7-,8+,10+,12-/m0/s1. The third kappa shape index (κ3) is 1.27. The summed E-state index contributed by atoms with van der Waals surface area (Å²) < 4.78 is 0. The Bertz CT molecular complexity index is 504. The second kappa shape index (κ2) is 3.29. The zero-order valence-electron chi connectivity index (χ0n) is 8.51. The molecule has 0 aromatic rings. The molecule has 0 aromatic heterocycles. The van der Waals surface area contributed by atoms with Crippen molar-refractivity contribution in [3.05, 3.63) is 23.8 Å². The molecule has 1 saturated carbocycles. The average Bonchev–Trinajstić information content (AvgIpc) is 2.88. The number of thiocarbonyl (C=S) groups is 1. The van der Waals surface area contributed by atoms with Gasteiger partial charge >= 0.3 is 5.97 Å². The molecule has 3 aliphatic rings. The van der Waals surface area contributed by atoms with E-state index in [2.05, 4.69) is 30.1 Å². The van der Waals surface area contributed by atoms with Gasteiger partial charge in [-0.3, -0.25) is 0 Å². The number of hydrogen-bond acceptors (Lipinski definition) is 2. The monoisotopic (exact) mass is 230 g/mol. The number of aliphatic carboxylic acids is 1. The number of fused-ring (bicyclic) bond motifs is 5. The molecule has 0 amide bonds. The minimum absolute atomic E-state index is 0.406. The van der Waals surface area contributed by atoms with E-state index in [0.717, 1.165) is 10.4 Å². The summed E-state index contributed by atoms with van der Waals surface area (Å²) in [7, 11) is 0. The predicted molar refractivity (Wildman–Crippen MR) is 63.8 cm³/mol. The number of carboxylic acid groups (broad SMARTS) is 1. The van der Waals surface area contributed by atoms with Gasteiger partial charge in [-0.2, -0.15) is 0 Å². The molecule has 3 heteroatoms. The Morgan fingerprint density at radius 2 is 2.19 bits per heavy atom. The van der Waals surface area contributed by atoms with Crippen LogP contribution in [-0.2, 0) is 4.79 Å². The fourth-order valence-corrected chi connectivity index (χ4v) is 3.59. The van der Waals surface area contributed by atoms with Gasteiger partial charge in [0, 0.05) is 22.3 Å². The normalized spacial score (nSPS) is 38.0. The van der Waals surface area contributed by atoms with Crippen LogP contribution in [0, 0.1) is 35.5 Å². The van der Waals surface area contributed by atoms with Crippen molar-refractivity contribution >= 4 is 23.1 Å². The highest BCUT2D eigenvalue weighted by Gasteiger charge is 2.48. The first kappa shape index (κ1) is 9.80. The lowest BCUT2D eigenvalue weighted by atomic mass is 9.85. The molecule has 0 saturated heterocycles. The molecule has 3 rings (SSSR count). The molecule has 2 bridgehead atoms. The summed E-state index contributed by atoms with van der Waals surface area (Å²) in [5, 5.41) is 8.52. The molecule has 0 spiro atoms. The summed E-state index contributed by atoms with van der Waals surface area (Å²) >= 11 is 5.40. The van der Waals surface area contributed by atoms with Crippen LogP contribution in [0.15, 0.2) is 23.8 Å². The molecule has 3 aliphatic carbocycles. The Hall–Kier alpha value is -1.40. The molecule has 0 aromatic carbocycles. The van der Waals surface area contributed by atoms with Crippen molar-refractivity contribution in [1.82, 2.24) is 0 Å². The molecule has 80 valence electrons. The van der Waals surface area contributed by atoms with Crippen LogP contribution in [0.2, 0.25) is 0 Å². The minimum Gasteiger partial charge on any atom is -0.472 e. The van der Waals surface area contributed by atoms with E-state index >= 15 is 0 Å². The molecule has 0 aliphatic heterocycles. The van der Waals surface area contributed by atoms with Crippen LogP contribution >= 0.6 is 12.2 Å². The highest BCUT2D eigenvalue weighted by molar-refractivity contribution is 7.81. The van der Waals surface area contributed by atoms with Gasteiger partial charge in [-0.1, -0.05) is 36.4 Å². The zero-order valence-corrected chi connectivity index (χ0v) is 9.33. The van der Waals surface area contributed by atoms with Crippen LogP contribution in [0.5, 0.6) is 0 Å². The summed E-state index contributed by atoms with van der Waals surface area (Å²) in [5.41, 5.74) is 0.769. The van der Waals surface area contributed by atoms with Gasteiger partial charge < -0.3 is 5.11 Å². The number of allylic oxidation sites excluding steroid dienone is 4. The van der Waals surface area contributed by atoms with Gasteiger partial charge in [0.2, 0.25) is 0 Å². The topological polar surface area (TPSA) is 37.3 Å². The van der Waals surface area contributed by atoms with Crippen molar-refractivity contribution in [2.45, 2.75) is 6.42 Å². The lowest BCUT2D eigenvalue weighted by molar-refractivity contribution is -0.130. The van der Waals surface area contributed by atoms with Gasteiger partial charge in [0.25, 0.3) is 0 Å². The van der Waals surface area contributed by atoms with Crippen LogP contribution in [0.25, 0.3) is 0 Å². The Morgan fingerprint density at radius 3 is 2.88 bits per heavy atom. The third-order valence-corrected chi connectivity index (χ3v) is 4.24. The lowest BCUT2D eigenvalue weighted by Gasteiger charge is -2.19. The minimum atomic E-state index is -1.10. The van der Waals surface area contributed by atoms with Crippen molar-refractivity contribution in [3.8, 4) is 11.8 Å². The second-order valence-electron chi connectivity index (χ2n) is 4.55. The van der Waals surface area contributed by atoms with Gasteiger partial charge in [-0.05, 0) is 24.2 Å². The van der Waals surface area contributed by atoms with E-state index in [9.17, 15) is 4.79 Å². The summed E-state index contributed by atoms with van der Waals surface area (Å²) in [6.45, 7) is 0. The molecule has 0 unspecified atom stereocenters. The molecule has 0 radical (unpaired) electrons. The zero-order chi connectivity index (χ0) is 11.3. The first-order chi connectivity index (χ1) is 7.66.